The van der Waals surface area contributed by atoms with Gasteiger partial charge in [0.2, 0.25) is 5.75 Å². The fourth-order valence-electron chi connectivity index (χ4n) is 1.74. The van der Waals surface area contributed by atoms with Crippen LogP contribution in [0.5, 0.6) is 5.75 Å². The van der Waals surface area contributed by atoms with Crippen molar-refractivity contribution in [2.45, 2.75) is 0 Å². The van der Waals surface area contributed by atoms with Gasteiger partial charge >= 0.3 is 11.7 Å². The number of nitrogens with zero attached hydrogens (tertiary/aromatic N) is 2. The summed E-state index contributed by atoms with van der Waals surface area (Å²) in [5.74, 6) is -3.20. The van der Waals surface area contributed by atoms with Crippen molar-refractivity contribution >= 4 is 35.3 Å². The molecule has 0 bridgehead atoms. The predicted molar refractivity (Wildman–Crippen MR) is 71.1 cm³/mol. The Morgan fingerprint density at radius 2 is 1.57 bits per heavy atom. The minimum Gasteiger partial charge on any atom is -0.502 e. The van der Waals surface area contributed by atoms with Crippen molar-refractivity contribution in [2.24, 2.45) is 0 Å². The van der Waals surface area contributed by atoms with Crippen molar-refractivity contribution < 1.29 is 29.3 Å². The number of hydrogen-bond acceptors (Lipinski definition) is 8. The maximum Gasteiger partial charge on any atom is 0.328 e. The molecule has 2 rings (SSSR count). The number of hydrogen-bond donors (Lipinski definition) is 3. The number of benzene rings is 1. The number of carbonyl (C=O) groups is 3. The summed E-state index contributed by atoms with van der Waals surface area (Å²) in [6, 6.07) is 0.208. The maximum absolute atomic E-state index is 11.6. The van der Waals surface area contributed by atoms with E-state index >= 15 is 0 Å². The zero-order chi connectivity index (χ0) is 17.3. The van der Waals surface area contributed by atoms with E-state index in [1.165, 1.54) is 0 Å². The quantitative estimate of drug-likeness (QED) is 0.299. The molecule has 0 spiro atoms. The first kappa shape index (κ1) is 15.6. The number of amides is 4. The molecule has 118 valence electrons. The number of barbiturate groups is 1. The third kappa shape index (κ3) is 2.94. The number of aromatic hydroxyl groups is 1. The molecule has 12 heteroatoms. The highest BCUT2D eigenvalue weighted by molar-refractivity contribution is 6.31. The van der Waals surface area contributed by atoms with Crippen LogP contribution in [0.4, 0.5) is 16.2 Å². The van der Waals surface area contributed by atoms with Gasteiger partial charge in [-0.15, -0.1) is 0 Å². The van der Waals surface area contributed by atoms with Gasteiger partial charge in [-0.1, -0.05) is 0 Å². The average Bonchev–Trinajstić information content (AvgIpc) is 2.43. The van der Waals surface area contributed by atoms with Crippen LogP contribution in [0.3, 0.4) is 0 Å². The molecule has 3 N–H and O–H groups in total. The van der Waals surface area contributed by atoms with E-state index in [0.29, 0.717) is 12.1 Å². The molecule has 12 nitrogen and oxygen atoms in total. The Morgan fingerprint density at radius 1 is 1.00 bits per heavy atom. The average molecular weight is 322 g/mol. The van der Waals surface area contributed by atoms with E-state index in [1.807, 2.05) is 0 Å². The first-order chi connectivity index (χ1) is 10.7. The molecule has 1 saturated heterocycles. The highest BCUT2D eigenvalue weighted by atomic mass is 16.6. The summed E-state index contributed by atoms with van der Waals surface area (Å²) in [5.41, 5.74) is -2.86. The Labute approximate surface area is 125 Å². The fraction of sp³-hybridized carbons (Fsp3) is 0. The van der Waals surface area contributed by atoms with E-state index in [9.17, 15) is 39.7 Å². The molecule has 0 aromatic heterocycles. The minimum absolute atomic E-state index is 0.499. The molecule has 1 aromatic carbocycles. The lowest BCUT2D eigenvalue weighted by Crippen LogP contribution is -2.51. The van der Waals surface area contributed by atoms with Crippen molar-refractivity contribution in [3.8, 4) is 5.75 Å². The lowest BCUT2D eigenvalue weighted by molar-refractivity contribution is -0.394. The molecule has 1 aliphatic heterocycles. The minimum atomic E-state index is -1.12. The smallest absolute Gasteiger partial charge is 0.328 e. The van der Waals surface area contributed by atoms with Gasteiger partial charge < -0.3 is 5.11 Å². The Bertz CT molecular complexity index is 790. The highest BCUT2D eigenvalue weighted by Crippen LogP contribution is 2.35. The summed E-state index contributed by atoms with van der Waals surface area (Å²) in [4.78, 5) is 53.6. The van der Waals surface area contributed by atoms with E-state index < -0.39 is 56.0 Å². The molecule has 0 aliphatic carbocycles. The number of nitro groups is 2. The number of urea groups is 1. The van der Waals surface area contributed by atoms with Gasteiger partial charge in [0.1, 0.15) is 5.57 Å². The second-order valence-corrected chi connectivity index (χ2v) is 4.21. The van der Waals surface area contributed by atoms with Crippen molar-refractivity contribution in [3.63, 3.8) is 0 Å². The van der Waals surface area contributed by atoms with Crippen molar-refractivity contribution in [1.29, 1.82) is 0 Å². The van der Waals surface area contributed by atoms with Crippen LogP contribution in [-0.2, 0) is 9.59 Å². The molecule has 23 heavy (non-hydrogen) atoms. The fourth-order valence-corrected chi connectivity index (χ4v) is 1.74. The Hall–Kier alpha value is -3.83. The standard InChI is InChI=1S/C11H6N4O8/c16-8-4(1-5(14(20)21)3-7(8)15(22)23)2-6-9(17)12-11(19)13-10(6)18/h1-3,16H,(H2,12,13,17,18,19). The van der Waals surface area contributed by atoms with Gasteiger partial charge in [0.15, 0.2) is 0 Å². The van der Waals surface area contributed by atoms with Crippen molar-refractivity contribution in [3.05, 3.63) is 43.5 Å². The summed E-state index contributed by atoms with van der Waals surface area (Å²) < 4.78 is 0. The Balaban J connectivity index is 2.63. The van der Waals surface area contributed by atoms with Gasteiger partial charge in [-0.25, -0.2) is 4.79 Å². The van der Waals surface area contributed by atoms with Gasteiger partial charge in [0.25, 0.3) is 17.5 Å². The van der Waals surface area contributed by atoms with Gasteiger partial charge in [0.05, 0.1) is 15.9 Å². The first-order valence-electron chi connectivity index (χ1n) is 5.75. The molecule has 4 amide bonds. The molecular weight excluding hydrogens is 316 g/mol. The SMILES string of the molecule is O=C1NC(=O)C(=Cc2cc([N+](=O)[O-])cc([N+](=O)[O-])c2O)C(=O)N1. The number of nitrogens with one attached hydrogen (secondary N) is 2. The van der Waals surface area contributed by atoms with Crippen molar-refractivity contribution in [2.75, 3.05) is 0 Å². The topological polar surface area (TPSA) is 182 Å². The van der Waals surface area contributed by atoms with Crippen LogP contribution in [0.1, 0.15) is 5.56 Å². The number of nitro benzene ring substituents is 2. The van der Waals surface area contributed by atoms with Gasteiger partial charge in [-0.2, -0.15) is 0 Å². The maximum atomic E-state index is 11.6. The summed E-state index contributed by atoms with van der Waals surface area (Å²) in [6.45, 7) is 0. The number of phenolic OH excluding ortho intramolecular Hbond substituents is 1. The molecule has 1 heterocycles. The third-order valence-corrected chi connectivity index (χ3v) is 2.75. The van der Waals surface area contributed by atoms with E-state index in [1.54, 1.807) is 10.6 Å². The second-order valence-electron chi connectivity index (χ2n) is 4.21. The molecule has 1 fully saturated rings. The van der Waals surface area contributed by atoms with E-state index in [4.69, 9.17) is 0 Å². The number of carbonyl (C=O) groups excluding carboxylic acids is 3. The molecule has 0 saturated carbocycles. The van der Waals surface area contributed by atoms with E-state index in [-0.39, 0.29) is 0 Å². The normalized spacial score (nSPS) is 14.1. The monoisotopic (exact) mass is 322 g/mol. The largest absolute Gasteiger partial charge is 0.502 e. The van der Waals surface area contributed by atoms with Crippen LogP contribution in [-0.4, -0.2) is 32.8 Å². The van der Waals surface area contributed by atoms with Crippen LogP contribution < -0.4 is 10.6 Å². The number of rotatable bonds is 3. The number of non-ortho nitro benzene ring substituents is 1. The van der Waals surface area contributed by atoms with E-state index in [2.05, 4.69) is 0 Å². The Kier molecular flexibility index (Phi) is 3.73. The third-order valence-electron chi connectivity index (χ3n) is 2.75. The molecule has 1 aliphatic rings. The first-order valence-corrected chi connectivity index (χ1v) is 5.75. The zero-order valence-corrected chi connectivity index (χ0v) is 10.9. The lowest BCUT2D eigenvalue weighted by atomic mass is 10.1. The summed E-state index contributed by atoms with van der Waals surface area (Å²) in [6.07, 6.45) is 0.701. The number of phenols is 1. The Morgan fingerprint density at radius 3 is 2.04 bits per heavy atom. The van der Waals surface area contributed by atoms with Crippen LogP contribution >= 0.6 is 0 Å². The van der Waals surface area contributed by atoms with Gasteiger partial charge in [0, 0.05) is 11.6 Å². The van der Waals surface area contributed by atoms with Crippen LogP contribution in [0.2, 0.25) is 0 Å². The second kappa shape index (κ2) is 5.51. The van der Waals surface area contributed by atoms with Crippen LogP contribution in [0.15, 0.2) is 17.7 Å². The van der Waals surface area contributed by atoms with Crippen molar-refractivity contribution in [1.82, 2.24) is 10.6 Å². The summed E-state index contributed by atoms with van der Waals surface area (Å²) >= 11 is 0. The van der Waals surface area contributed by atoms with Crippen LogP contribution in [0.25, 0.3) is 6.08 Å². The van der Waals surface area contributed by atoms with E-state index in [0.717, 1.165) is 6.07 Å². The molecular formula is C11H6N4O8. The highest BCUT2D eigenvalue weighted by Gasteiger charge is 2.30. The molecule has 0 atom stereocenters. The molecule has 0 unspecified atom stereocenters. The van der Waals surface area contributed by atoms with Crippen LogP contribution in [0, 0.1) is 20.2 Å². The van der Waals surface area contributed by atoms with Gasteiger partial charge in [-0.05, 0) is 6.08 Å². The molecule has 1 aromatic rings. The molecule has 0 radical (unpaired) electrons. The van der Waals surface area contributed by atoms with Gasteiger partial charge in [-0.3, -0.25) is 40.5 Å². The summed E-state index contributed by atoms with van der Waals surface area (Å²) in [7, 11) is 0. The summed E-state index contributed by atoms with van der Waals surface area (Å²) in [5, 5.41) is 34.9. The predicted octanol–water partition coefficient (Wildman–Crippen LogP) is -0.0420. The number of imide groups is 2. The zero-order valence-electron chi connectivity index (χ0n) is 10.9. The lowest BCUT2D eigenvalue weighted by Gasteiger charge is -2.14.